The zero-order valence-electron chi connectivity index (χ0n) is 12.4. The van der Waals surface area contributed by atoms with Gasteiger partial charge in [-0.2, -0.15) is 0 Å². The number of quaternary nitrogens is 1. The van der Waals surface area contributed by atoms with Crippen LogP contribution >= 0.6 is 0 Å². The summed E-state index contributed by atoms with van der Waals surface area (Å²) in [7, 11) is 3.60. The van der Waals surface area contributed by atoms with E-state index in [0.29, 0.717) is 17.6 Å². The van der Waals surface area contributed by atoms with E-state index in [1.54, 1.807) is 14.1 Å². The van der Waals surface area contributed by atoms with Crippen molar-refractivity contribution >= 4 is 11.9 Å². The maximum absolute atomic E-state index is 11.9. The molecule has 0 aromatic rings. The molecular formula is C13H26N2O3. The van der Waals surface area contributed by atoms with E-state index in [9.17, 15) is 14.7 Å². The maximum Gasteiger partial charge on any atom is 0.223 e. The molecule has 5 nitrogen and oxygen atoms in total. The molecule has 0 aromatic carbocycles. The number of carboxylic acid groups (broad SMARTS) is 1. The van der Waals surface area contributed by atoms with E-state index in [-0.39, 0.29) is 23.8 Å². The molecule has 0 aliphatic rings. The summed E-state index contributed by atoms with van der Waals surface area (Å²) < 4.78 is 0.298. The fraction of sp³-hybridized carbons (Fsp3) is 0.846. The number of nitrogens with one attached hydrogen (secondary N) is 1. The number of hydrogen-bond donors (Lipinski definition) is 1. The van der Waals surface area contributed by atoms with Crippen molar-refractivity contribution in [1.29, 1.82) is 0 Å². The molecule has 0 aliphatic heterocycles. The van der Waals surface area contributed by atoms with Crippen LogP contribution < -0.4 is 10.4 Å². The summed E-state index contributed by atoms with van der Waals surface area (Å²) in [5, 5.41) is 13.4. The van der Waals surface area contributed by atoms with Gasteiger partial charge in [-0.15, -0.1) is 0 Å². The zero-order valence-corrected chi connectivity index (χ0v) is 12.4. The highest BCUT2D eigenvalue weighted by molar-refractivity contribution is 5.78. The number of carbonyl (C=O) groups excluding carboxylic acids is 2. The largest absolute Gasteiger partial charge is 0.544 e. The molecule has 0 saturated heterocycles. The molecule has 5 heteroatoms. The lowest BCUT2D eigenvalue weighted by Crippen LogP contribution is -2.52. The Kier molecular flexibility index (Phi) is 5.80. The number of rotatable bonds is 6. The molecule has 106 valence electrons. The van der Waals surface area contributed by atoms with Gasteiger partial charge in [-0.1, -0.05) is 27.7 Å². The van der Waals surface area contributed by atoms with E-state index in [1.165, 1.54) is 0 Å². The first-order chi connectivity index (χ1) is 7.96. The molecule has 18 heavy (non-hydrogen) atoms. The first-order valence-corrected chi connectivity index (χ1v) is 6.25. The minimum absolute atomic E-state index is 0.0101. The van der Waals surface area contributed by atoms with Crippen LogP contribution in [0.3, 0.4) is 0 Å². The monoisotopic (exact) mass is 258 g/mol. The summed E-state index contributed by atoms with van der Waals surface area (Å²) in [5.74, 6) is -1.14. The van der Waals surface area contributed by atoms with Crippen molar-refractivity contribution in [2.75, 3.05) is 33.7 Å². The van der Waals surface area contributed by atoms with E-state index in [4.69, 9.17) is 0 Å². The van der Waals surface area contributed by atoms with Crippen LogP contribution in [-0.2, 0) is 9.59 Å². The lowest BCUT2D eigenvalue weighted by atomic mass is 9.81. The minimum atomic E-state index is -1.07. The van der Waals surface area contributed by atoms with Crippen LogP contribution in [0.5, 0.6) is 0 Å². The number of hydrogen-bond acceptors (Lipinski definition) is 3. The molecule has 0 radical (unpaired) electrons. The number of carboxylic acids is 1. The third kappa shape index (κ3) is 6.59. The van der Waals surface area contributed by atoms with Gasteiger partial charge in [0.05, 0.1) is 33.2 Å². The molecule has 0 aliphatic carbocycles. The van der Waals surface area contributed by atoms with Crippen molar-refractivity contribution in [2.45, 2.75) is 27.7 Å². The zero-order chi connectivity index (χ0) is 14.6. The van der Waals surface area contributed by atoms with Crippen molar-refractivity contribution in [1.82, 2.24) is 5.32 Å². The van der Waals surface area contributed by atoms with Crippen molar-refractivity contribution in [3.8, 4) is 0 Å². The van der Waals surface area contributed by atoms with Gasteiger partial charge in [0.1, 0.15) is 6.54 Å². The van der Waals surface area contributed by atoms with Crippen LogP contribution in [0, 0.1) is 11.3 Å². The fourth-order valence-electron chi connectivity index (χ4n) is 1.46. The molecule has 0 fully saturated rings. The third-order valence-electron chi connectivity index (χ3n) is 3.27. The molecule has 0 heterocycles. The topological polar surface area (TPSA) is 69.2 Å². The number of likely N-dealkylation sites (N-methyl/N-ethyl adjacent to an activating group) is 1. The van der Waals surface area contributed by atoms with Gasteiger partial charge in [-0.25, -0.2) is 0 Å². The van der Waals surface area contributed by atoms with Crippen LogP contribution in [0.2, 0.25) is 0 Å². The average molecular weight is 258 g/mol. The summed E-state index contributed by atoms with van der Waals surface area (Å²) in [6.07, 6.45) is 0. The van der Waals surface area contributed by atoms with Gasteiger partial charge >= 0.3 is 0 Å². The maximum atomic E-state index is 11.9. The molecule has 1 unspecified atom stereocenters. The predicted octanol–water partition coefficient (Wildman–Crippen LogP) is -0.389. The number of carbonyl (C=O) groups is 2. The standard InChI is InChI=1S/C13H26N2O3/c1-10(13(2,3)4)12(18)14-7-8-15(5,6)9-11(16)17/h10H,7-9H2,1-6H3,(H-,14,16,17,18). The van der Waals surface area contributed by atoms with Crippen LogP contribution in [0.15, 0.2) is 0 Å². The lowest BCUT2D eigenvalue weighted by molar-refractivity contribution is -0.883. The molecule has 0 bridgehead atoms. The van der Waals surface area contributed by atoms with Gasteiger partial charge in [0.15, 0.2) is 0 Å². The SMILES string of the molecule is CC(C(=O)NCC[N+](C)(C)CC(=O)[O-])C(C)(C)C. The average Bonchev–Trinajstić information content (AvgIpc) is 2.12. The van der Waals surface area contributed by atoms with Crippen molar-refractivity contribution in [3.05, 3.63) is 0 Å². The summed E-state index contributed by atoms with van der Waals surface area (Å²) in [4.78, 5) is 22.4. The highest BCUT2D eigenvalue weighted by Crippen LogP contribution is 2.25. The first kappa shape index (κ1) is 16.9. The van der Waals surface area contributed by atoms with Crippen molar-refractivity contribution in [2.24, 2.45) is 11.3 Å². The summed E-state index contributed by atoms with van der Waals surface area (Å²) in [6.45, 7) is 8.95. The first-order valence-electron chi connectivity index (χ1n) is 6.25. The summed E-state index contributed by atoms with van der Waals surface area (Å²) in [5.41, 5.74) is -0.0700. The Hall–Kier alpha value is -1.10. The molecule has 1 amide bonds. The Morgan fingerprint density at radius 1 is 1.28 bits per heavy atom. The smallest absolute Gasteiger partial charge is 0.223 e. The second-order valence-electron chi connectivity index (χ2n) is 6.57. The van der Waals surface area contributed by atoms with Crippen LogP contribution in [-0.4, -0.2) is 50.1 Å². The van der Waals surface area contributed by atoms with E-state index in [0.717, 1.165) is 0 Å². The van der Waals surface area contributed by atoms with Crippen molar-refractivity contribution < 1.29 is 19.2 Å². The number of aliphatic carboxylic acids is 1. The lowest BCUT2D eigenvalue weighted by Gasteiger charge is -2.31. The molecule has 1 N–H and O–H groups in total. The normalized spacial score (nSPS) is 14.1. The predicted molar refractivity (Wildman–Crippen MR) is 68.5 cm³/mol. The Balaban J connectivity index is 4.13. The number of nitrogens with zero attached hydrogens (tertiary/aromatic N) is 1. The third-order valence-corrected chi connectivity index (χ3v) is 3.27. The van der Waals surface area contributed by atoms with Crippen molar-refractivity contribution in [3.63, 3.8) is 0 Å². The molecular weight excluding hydrogens is 232 g/mol. The van der Waals surface area contributed by atoms with Gasteiger partial charge in [0, 0.05) is 5.92 Å². The van der Waals surface area contributed by atoms with E-state index in [2.05, 4.69) is 5.32 Å². The van der Waals surface area contributed by atoms with Gasteiger partial charge in [-0.05, 0) is 5.41 Å². The second-order valence-corrected chi connectivity index (χ2v) is 6.57. The van der Waals surface area contributed by atoms with E-state index >= 15 is 0 Å². The molecule has 0 saturated carbocycles. The van der Waals surface area contributed by atoms with Gasteiger partial charge in [0.2, 0.25) is 5.91 Å². The van der Waals surface area contributed by atoms with E-state index in [1.807, 2.05) is 27.7 Å². The van der Waals surface area contributed by atoms with Gasteiger partial charge in [0.25, 0.3) is 0 Å². The Bertz CT molecular complexity index is 306. The number of amides is 1. The Labute approximate surface area is 110 Å². The summed E-state index contributed by atoms with van der Waals surface area (Å²) >= 11 is 0. The molecule has 0 aromatic heterocycles. The molecule has 0 spiro atoms. The highest BCUT2D eigenvalue weighted by atomic mass is 16.4. The Morgan fingerprint density at radius 2 is 1.78 bits per heavy atom. The van der Waals surface area contributed by atoms with Crippen LogP contribution in [0.1, 0.15) is 27.7 Å². The second kappa shape index (κ2) is 6.18. The van der Waals surface area contributed by atoms with Crippen LogP contribution in [0.25, 0.3) is 0 Å². The van der Waals surface area contributed by atoms with Gasteiger partial charge in [-0.3, -0.25) is 4.79 Å². The molecule has 0 rings (SSSR count). The summed E-state index contributed by atoms with van der Waals surface area (Å²) in [6, 6.07) is 0. The fourth-order valence-corrected chi connectivity index (χ4v) is 1.46. The minimum Gasteiger partial charge on any atom is -0.544 e. The van der Waals surface area contributed by atoms with E-state index < -0.39 is 5.97 Å². The van der Waals surface area contributed by atoms with Crippen LogP contribution in [0.4, 0.5) is 0 Å². The Morgan fingerprint density at radius 3 is 2.17 bits per heavy atom. The van der Waals surface area contributed by atoms with Gasteiger partial charge < -0.3 is 19.7 Å². The quantitative estimate of drug-likeness (QED) is 0.660. The molecule has 1 atom stereocenters. The highest BCUT2D eigenvalue weighted by Gasteiger charge is 2.26.